The number of aromatic nitrogens is 4. The van der Waals surface area contributed by atoms with Crippen molar-refractivity contribution in [3.05, 3.63) is 65.9 Å². The molecule has 340 valence electrons. The van der Waals surface area contributed by atoms with Gasteiger partial charge in [0.25, 0.3) is 0 Å². The van der Waals surface area contributed by atoms with E-state index in [4.69, 9.17) is 33.7 Å². The highest BCUT2D eigenvalue weighted by atomic mass is 16.5. The van der Waals surface area contributed by atoms with Crippen LogP contribution in [-0.2, 0) is 35.1 Å². The van der Waals surface area contributed by atoms with Crippen LogP contribution >= 0.6 is 0 Å². The standard InChI is InChI=1S/C47H58N8O9/c1-9-25(3)39(52-46(58)62-7)44(56)54-20-24(2)14-36(54)42-48-19-35(50-42)29-10-12-31-30(16-29)23-64-38-18-32-28(17-33(31)38)11-13-34-41(32)51-43(49-34)37-15-27(22-60-5)21-55(37)45(57)40(26(4)61-6)53-47(59)63-8/h10-13,16-19,24-27,36-37,39-40H,9,14-15,20-23H2,1-8H3,(H,48,50)(H,49,51)(H,52,58)(H,53,59)/t24-,25-,26+,27?,36?,37-,39?,40-/m0/s1. The van der Waals surface area contributed by atoms with Crippen molar-refractivity contribution in [3.8, 4) is 28.1 Å². The van der Waals surface area contributed by atoms with Crippen LogP contribution in [-0.4, -0.2) is 120 Å². The third-order valence-electron chi connectivity index (χ3n) is 13.3. The van der Waals surface area contributed by atoms with Gasteiger partial charge in [0.2, 0.25) is 11.8 Å². The summed E-state index contributed by atoms with van der Waals surface area (Å²) in [4.78, 5) is 73.1. The number of nitrogens with zero attached hydrogens (tertiary/aromatic N) is 4. The Labute approximate surface area is 371 Å². The van der Waals surface area contributed by atoms with Crippen LogP contribution in [0.25, 0.3) is 44.2 Å². The highest BCUT2D eigenvalue weighted by molar-refractivity contribution is 6.07. The summed E-state index contributed by atoms with van der Waals surface area (Å²) >= 11 is 0. The summed E-state index contributed by atoms with van der Waals surface area (Å²) in [5.41, 5.74) is 6.43. The molecular weight excluding hydrogens is 821 g/mol. The first-order chi connectivity index (χ1) is 30.8. The van der Waals surface area contributed by atoms with Crippen LogP contribution in [0.1, 0.15) is 76.3 Å². The van der Waals surface area contributed by atoms with Crippen molar-refractivity contribution in [3.63, 3.8) is 0 Å². The van der Waals surface area contributed by atoms with Gasteiger partial charge in [-0.05, 0) is 77.9 Å². The molecule has 0 radical (unpaired) electrons. The molecule has 0 saturated carbocycles. The predicted molar refractivity (Wildman–Crippen MR) is 238 cm³/mol. The zero-order chi connectivity index (χ0) is 45.4. The van der Waals surface area contributed by atoms with Crippen molar-refractivity contribution in [2.24, 2.45) is 17.8 Å². The highest BCUT2D eigenvalue weighted by Crippen LogP contribution is 2.44. The maximum atomic E-state index is 14.1. The van der Waals surface area contributed by atoms with Gasteiger partial charge in [-0.2, -0.15) is 0 Å². The van der Waals surface area contributed by atoms with Gasteiger partial charge in [0, 0.05) is 44.2 Å². The van der Waals surface area contributed by atoms with Crippen molar-refractivity contribution in [2.45, 2.75) is 83.8 Å². The first kappa shape index (κ1) is 44.4. The topological polar surface area (TPSA) is 202 Å². The lowest BCUT2D eigenvalue weighted by molar-refractivity contribution is -0.138. The molecule has 5 heterocycles. The number of imidazole rings is 2. The van der Waals surface area contributed by atoms with E-state index >= 15 is 0 Å². The van der Waals surface area contributed by atoms with Gasteiger partial charge in [0.05, 0.1) is 61.9 Å². The van der Waals surface area contributed by atoms with Gasteiger partial charge >= 0.3 is 12.2 Å². The normalized spacial score (nSPS) is 21.1. The molecule has 8 atom stereocenters. The average Bonchev–Trinajstić information content (AvgIpc) is 4.14. The van der Waals surface area contributed by atoms with Crippen LogP contribution < -0.4 is 15.4 Å². The zero-order valence-corrected chi connectivity index (χ0v) is 37.7. The van der Waals surface area contributed by atoms with Gasteiger partial charge in [-0.3, -0.25) is 9.59 Å². The molecule has 0 aliphatic carbocycles. The molecule has 2 saturated heterocycles. The Morgan fingerprint density at radius 2 is 1.58 bits per heavy atom. The largest absolute Gasteiger partial charge is 0.488 e. The Balaban J connectivity index is 1.05. The van der Waals surface area contributed by atoms with Crippen LogP contribution in [0, 0.1) is 17.8 Å². The second-order valence-electron chi connectivity index (χ2n) is 17.5. The molecule has 0 spiro atoms. The van der Waals surface area contributed by atoms with E-state index < -0.39 is 36.4 Å². The number of amides is 4. The summed E-state index contributed by atoms with van der Waals surface area (Å²) in [7, 11) is 5.69. The van der Waals surface area contributed by atoms with Crippen LogP contribution in [0.3, 0.4) is 0 Å². The Kier molecular flexibility index (Phi) is 12.8. The van der Waals surface area contributed by atoms with Crippen LogP contribution in [0.5, 0.6) is 5.75 Å². The number of carbonyl (C=O) groups excluding carboxylic acids is 4. The van der Waals surface area contributed by atoms with Gasteiger partial charge in [-0.1, -0.05) is 45.4 Å². The molecule has 4 amide bonds. The Hall–Kier alpha value is -6.20. The molecule has 0 bridgehead atoms. The van der Waals surface area contributed by atoms with Crippen LogP contribution in [0.15, 0.2) is 48.7 Å². The number of ether oxygens (including phenoxy) is 5. The highest BCUT2D eigenvalue weighted by Gasteiger charge is 2.43. The second-order valence-corrected chi connectivity index (χ2v) is 17.5. The molecule has 3 aromatic carbocycles. The van der Waals surface area contributed by atoms with E-state index in [-0.39, 0.29) is 35.6 Å². The molecule has 3 unspecified atom stereocenters. The first-order valence-corrected chi connectivity index (χ1v) is 21.9. The summed E-state index contributed by atoms with van der Waals surface area (Å²) in [6, 6.07) is 12.2. The minimum atomic E-state index is -0.971. The summed E-state index contributed by atoms with van der Waals surface area (Å²) in [6.45, 7) is 9.61. The molecule has 64 heavy (non-hydrogen) atoms. The van der Waals surface area contributed by atoms with E-state index in [2.05, 4.69) is 57.9 Å². The fourth-order valence-corrected chi connectivity index (χ4v) is 9.54. The van der Waals surface area contributed by atoms with Crippen molar-refractivity contribution < 1.29 is 42.9 Å². The summed E-state index contributed by atoms with van der Waals surface area (Å²) < 4.78 is 27.1. The quantitative estimate of drug-likeness (QED) is 0.0988. The lowest BCUT2D eigenvalue weighted by Gasteiger charge is -2.30. The van der Waals surface area contributed by atoms with Crippen molar-refractivity contribution in [2.75, 3.05) is 48.1 Å². The molecule has 3 aliphatic rings. The number of fused-ring (bicyclic) bond motifs is 6. The number of alkyl carbamates (subject to hydrolysis) is 2. The number of rotatable bonds is 13. The van der Waals surface area contributed by atoms with Gasteiger partial charge in [0.1, 0.15) is 36.1 Å². The SMILES string of the molecule is CC[C@H](C)C(NC(=O)OC)C(=O)N1C[C@@H](C)CC1c1ncc(-c2ccc3c(c2)COc2cc4c(ccc5[nH]c([C@@H]6CC(COC)CN6C(=O)[C@@H](NC(=O)OC)[C@@H](C)OC)nc54)cc2-3)[nH]1. The Morgan fingerprint density at radius 1 is 0.859 bits per heavy atom. The molecule has 4 N–H and O–H groups in total. The number of hydrogen-bond donors (Lipinski definition) is 4. The fourth-order valence-electron chi connectivity index (χ4n) is 9.54. The van der Waals surface area contributed by atoms with Gasteiger partial charge < -0.3 is 54.1 Å². The molecule has 8 rings (SSSR count). The molecular formula is C47H58N8O9. The number of benzene rings is 3. The van der Waals surface area contributed by atoms with Gasteiger partial charge in [-0.25, -0.2) is 19.6 Å². The van der Waals surface area contributed by atoms with Crippen molar-refractivity contribution >= 4 is 45.8 Å². The average molecular weight is 879 g/mol. The minimum Gasteiger partial charge on any atom is -0.488 e. The number of nitrogens with one attached hydrogen (secondary N) is 4. The molecule has 2 aromatic heterocycles. The Morgan fingerprint density at radius 3 is 2.30 bits per heavy atom. The van der Waals surface area contributed by atoms with E-state index in [0.29, 0.717) is 50.8 Å². The lowest BCUT2D eigenvalue weighted by Crippen LogP contribution is -2.54. The molecule has 17 nitrogen and oxygen atoms in total. The number of H-pyrrole nitrogens is 2. The van der Waals surface area contributed by atoms with Crippen molar-refractivity contribution in [1.29, 1.82) is 0 Å². The van der Waals surface area contributed by atoms with Gasteiger partial charge in [-0.15, -0.1) is 0 Å². The fraction of sp³-hybridized carbons (Fsp3) is 0.489. The van der Waals surface area contributed by atoms with Gasteiger partial charge in [0.15, 0.2) is 0 Å². The first-order valence-electron chi connectivity index (χ1n) is 21.9. The summed E-state index contributed by atoms with van der Waals surface area (Å²) in [5.74, 6) is 1.88. The predicted octanol–water partition coefficient (Wildman–Crippen LogP) is 6.64. The molecule has 17 heteroatoms. The van der Waals surface area contributed by atoms with E-state index in [1.807, 2.05) is 37.1 Å². The number of carbonyl (C=O) groups is 4. The van der Waals surface area contributed by atoms with Crippen molar-refractivity contribution in [1.82, 2.24) is 40.4 Å². The number of hydrogen-bond acceptors (Lipinski definition) is 11. The maximum Gasteiger partial charge on any atom is 0.407 e. The monoisotopic (exact) mass is 878 g/mol. The van der Waals surface area contributed by atoms with E-state index in [0.717, 1.165) is 61.9 Å². The third kappa shape index (κ3) is 8.45. The molecule has 2 fully saturated rings. The number of methoxy groups -OCH3 is 4. The van der Waals surface area contributed by atoms with Crippen LogP contribution in [0.2, 0.25) is 0 Å². The number of aromatic amines is 2. The van der Waals surface area contributed by atoms with E-state index in [9.17, 15) is 19.2 Å². The van der Waals surface area contributed by atoms with E-state index in [1.165, 1.54) is 21.3 Å². The van der Waals surface area contributed by atoms with E-state index in [1.54, 1.807) is 18.9 Å². The zero-order valence-electron chi connectivity index (χ0n) is 37.7. The third-order valence-corrected chi connectivity index (χ3v) is 13.3. The maximum absolute atomic E-state index is 14.1. The number of likely N-dealkylation sites (tertiary alicyclic amines) is 2. The summed E-state index contributed by atoms with van der Waals surface area (Å²) in [6.07, 6.45) is 1.93. The minimum absolute atomic E-state index is 0.0552. The molecule has 3 aliphatic heterocycles. The Bertz CT molecular complexity index is 2560. The van der Waals surface area contributed by atoms with Crippen LogP contribution in [0.4, 0.5) is 9.59 Å². The molecule has 5 aromatic rings. The smallest absolute Gasteiger partial charge is 0.407 e. The second kappa shape index (κ2) is 18.5. The lowest BCUT2D eigenvalue weighted by atomic mass is 9.92. The summed E-state index contributed by atoms with van der Waals surface area (Å²) in [5, 5.41) is 7.33.